The van der Waals surface area contributed by atoms with Crippen molar-refractivity contribution in [3.8, 4) is 11.3 Å². The number of aryl methyl sites for hydroxylation is 1. The summed E-state index contributed by atoms with van der Waals surface area (Å²) in [6, 6.07) is 14.7. The van der Waals surface area contributed by atoms with Crippen molar-refractivity contribution in [1.82, 2.24) is 9.97 Å². The molecule has 3 heteroatoms. The number of halogens is 1. The normalized spacial score (nSPS) is 10.9. The Morgan fingerprint density at radius 1 is 1.06 bits per heavy atom. The number of benzene rings is 2. The van der Waals surface area contributed by atoms with Crippen LogP contribution < -0.4 is 0 Å². The minimum atomic E-state index is 0.586. The monoisotopic (exact) mass is 256 g/mol. The van der Waals surface area contributed by atoms with Gasteiger partial charge in [0, 0.05) is 17.9 Å². The van der Waals surface area contributed by atoms with Crippen LogP contribution in [0.2, 0.25) is 0 Å². The van der Waals surface area contributed by atoms with E-state index in [1.807, 2.05) is 6.20 Å². The van der Waals surface area contributed by atoms with Crippen LogP contribution in [0.5, 0.6) is 0 Å². The van der Waals surface area contributed by atoms with E-state index in [0.717, 1.165) is 17.9 Å². The zero-order valence-corrected chi connectivity index (χ0v) is 10.6. The summed E-state index contributed by atoms with van der Waals surface area (Å²) in [5.41, 5.74) is 2.23. The maximum Gasteiger partial charge on any atom is 0.107 e. The molecule has 0 saturated carbocycles. The van der Waals surface area contributed by atoms with Crippen molar-refractivity contribution in [2.45, 2.75) is 6.42 Å². The van der Waals surface area contributed by atoms with Crippen LogP contribution in [0.3, 0.4) is 0 Å². The summed E-state index contributed by atoms with van der Waals surface area (Å²) in [4.78, 5) is 7.68. The quantitative estimate of drug-likeness (QED) is 0.705. The number of fused-ring (bicyclic) bond motifs is 1. The lowest BCUT2D eigenvalue weighted by Crippen LogP contribution is -1.88. The molecule has 0 atom stereocenters. The van der Waals surface area contributed by atoms with Crippen molar-refractivity contribution < 1.29 is 0 Å². The molecule has 0 amide bonds. The molecule has 2 nitrogen and oxygen atoms in total. The molecule has 0 unspecified atom stereocenters. The van der Waals surface area contributed by atoms with Gasteiger partial charge in [0.1, 0.15) is 5.82 Å². The van der Waals surface area contributed by atoms with Gasteiger partial charge in [-0.05, 0) is 10.8 Å². The molecule has 0 bridgehead atoms. The van der Waals surface area contributed by atoms with E-state index >= 15 is 0 Å². The lowest BCUT2D eigenvalue weighted by Gasteiger charge is -2.03. The summed E-state index contributed by atoms with van der Waals surface area (Å²) in [6.45, 7) is 0. The fourth-order valence-corrected chi connectivity index (χ4v) is 2.36. The van der Waals surface area contributed by atoms with Crippen LogP contribution in [-0.4, -0.2) is 15.8 Å². The zero-order valence-electron chi connectivity index (χ0n) is 9.86. The lowest BCUT2D eigenvalue weighted by atomic mass is 10.0. The van der Waals surface area contributed by atoms with Crippen LogP contribution >= 0.6 is 11.6 Å². The molecule has 0 fully saturated rings. The third kappa shape index (κ3) is 2.00. The Bertz CT molecular complexity index is 668. The molecule has 0 aliphatic rings. The van der Waals surface area contributed by atoms with Crippen LogP contribution in [0, 0.1) is 0 Å². The van der Waals surface area contributed by atoms with E-state index < -0.39 is 0 Å². The van der Waals surface area contributed by atoms with Gasteiger partial charge in [0.05, 0.1) is 11.9 Å². The Morgan fingerprint density at radius 2 is 1.89 bits per heavy atom. The van der Waals surface area contributed by atoms with Crippen LogP contribution in [-0.2, 0) is 6.42 Å². The number of alkyl halides is 1. The van der Waals surface area contributed by atoms with Crippen LogP contribution in [0.15, 0.2) is 48.7 Å². The molecule has 0 aliphatic heterocycles. The SMILES string of the molecule is ClCCc1ncc(-c2cccc3ccccc23)[nH]1. The van der Waals surface area contributed by atoms with E-state index in [0.29, 0.717) is 5.88 Å². The summed E-state index contributed by atoms with van der Waals surface area (Å²) < 4.78 is 0. The summed E-state index contributed by atoms with van der Waals surface area (Å²) in [6.07, 6.45) is 2.65. The Morgan fingerprint density at radius 3 is 2.78 bits per heavy atom. The Labute approximate surface area is 111 Å². The average Bonchev–Trinajstić information content (AvgIpc) is 2.87. The van der Waals surface area contributed by atoms with Gasteiger partial charge >= 0.3 is 0 Å². The minimum Gasteiger partial charge on any atom is -0.342 e. The third-order valence-corrected chi connectivity index (χ3v) is 3.23. The fourth-order valence-electron chi connectivity index (χ4n) is 2.18. The van der Waals surface area contributed by atoms with Crippen molar-refractivity contribution in [2.75, 3.05) is 5.88 Å². The predicted molar refractivity (Wildman–Crippen MR) is 76.0 cm³/mol. The number of hydrogen-bond donors (Lipinski definition) is 1. The van der Waals surface area contributed by atoms with Crippen LogP contribution in [0.4, 0.5) is 0 Å². The molecule has 0 aliphatic carbocycles. The Hall–Kier alpha value is -1.80. The van der Waals surface area contributed by atoms with E-state index in [1.54, 1.807) is 0 Å². The number of hydrogen-bond acceptors (Lipinski definition) is 1. The Kier molecular flexibility index (Phi) is 3.03. The van der Waals surface area contributed by atoms with Gasteiger partial charge in [-0.3, -0.25) is 0 Å². The number of rotatable bonds is 3. The molecular weight excluding hydrogens is 244 g/mol. The molecule has 0 spiro atoms. The first-order chi connectivity index (χ1) is 8.88. The summed E-state index contributed by atoms with van der Waals surface area (Å²) in [5, 5.41) is 2.48. The standard InChI is InChI=1S/C15H13ClN2/c16-9-8-15-17-10-14(18-15)13-7-3-5-11-4-1-2-6-12(11)13/h1-7,10H,8-9H2,(H,17,18). The van der Waals surface area contributed by atoms with Crippen molar-refractivity contribution >= 4 is 22.4 Å². The number of aromatic nitrogens is 2. The number of H-pyrrole nitrogens is 1. The highest BCUT2D eigenvalue weighted by atomic mass is 35.5. The summed E-state index contributed by atoms with van der Waals surface area (Å²) in [7, 11) is 0. The Balaban J connectivity index is 2.12. The van der Waals surface area contributed by atoms with Gasteiger partial charge in [0.25, 0.3) is 0 Å². The van der Waals surface area contributed by atoms with E-state index in [2.05, 4.69) is 52.4 Å². The maximum absolute atomic E-state index is 5.73. The molecule has 3 rings (SSSR count). The van der Waals surface area contributed by atoms with Crippen LogP contribution in [0.25, 0.3) is 22.0 Å². The second-order valence-corrected chi connectivity index (χ2v) is 4.59. The number of nitrogens with one attached hydrogen (secondary N) is 1. The molecule has 18 heavy (non-hydrogen) atoms. The fraction of sp³-hybridized carbons (Fsp3) is 0.133. The van der Waals surface area contributed by atoms with Crippen molar-refractivity contribution in [2.24, 2.45) is 0 Å². The molecule has 1 aromatic heterocycles. The molecule has 0 radical (unpaired) electrons. The van der Waals surface area contributed by atoms with E-state index in [1.165, 1.54) is 16.3 Å². The molecule has 90 valence electrons. The minimum absolute atomic E-state index is 0.586. The van der Waals surface area contributed by atoms with Gasteiger partial charge in [0.15, 0.2) is 0 Å². The third-order valence-electron chi connectivity index (χ3n) is 3.04. The molecular formula is C15H13ClN2. The predicted octanol–water partition coefficient (Wildman–Crippen LogP) is 4.01. The van der Waals surface area contributed by atoms with Gasteiger partial charge in [0.2, 0.25) is 0 Å². The second-order valence-electron chi connectivity index (χ2n) is 4.21. The summed E-state index contributed by atoms with van der Waals surface area (Å²) >= 11 is 5.73. The average molecular weight is 257 g/mol. The molecule has 1 heterocycles. The smallest absolute Gasteiger partial charge is 0.107 e. The maximum atomic E-state index is 5.73. The molecule has 3 aromatic rings. The van der Waals surface area contributed by atoms with Gasteiger partial charge in [-0.15, -0.1) is 11.6 Å². The number of nitrogens with zero attached hydrogens (tertiary/aromatic N) is 1. The first-order valence-corrected chi connectivity index (χ1v) is 6.50. The molecule has 2 aromatic carbocycles. The first kappa shape index (κ1) is 11.3. The van der Waals surface area contributed by atoms with Gasteiger partial charge < -0.3 is 4.98 Å². The van der Waals surface area contributed by atoms with E-state index in [9.17, 15) is 0 Å². The highest BCUT2D eigenvalue weighted by Gasteiger charge is 2.06. The van der Waals surface area contributed by atoms with Gasteiger partial charge in [-0.2, -0.15) is 0 Å². The molecule has 0 saturated heterocycles. The van der Waals surface area contributed by atoms with E-state index in [-0.39, 0.29) is 0 Å². The first-order valence-electron chi connectivity index (χ1n) is 5.96. The largest absolute Gasteiger partial charge is 0.342 e. The molecule has 1 N–H and O–H groups in total. The number of imidazole rings is 1. The van der Waals surface area contributed by atoms with Gasteiger partial charge in [-0.25, -0.2) is 4.98 Å². The van der Waals surface area contributed by atoms with Crippen molar-refractivity contribution in [1.29, 1.82) is 0 Å². The zero-order chi connectivity index (χ0) is 12.4. The number of aromatic amines is 1. The second kappa shape index (κ2) is 4.83. The van der Waals surface area contributed by atoms with Crippen molar-refractivity contribution in [3.63, 3.8) is 0 Å². The topological polar surface area (TPSA) is 28.7 Å². The highest BCUT2D eigenvalue weighted by molar-refractivity contribution is 6.17. The van der Waals surface area contributed by atoms with Crippen molar-refractivity contribution in [3.05, 3.63) is 54.5 Å². The van der Waals surface area contributed by atoms with E-state index in [4.69, 9.17) is 11.6 Å². The lowest BCUT2D eigenvalue weighted by molar-refractivity contribution is 0.997. The van der Waals surface area contributed by atoms with Gasteiger partial charge in [-0.1, -0.05) is 42.5 Å². The highest BCUT2D eigenvalue weighted by Crippen LogP contribution is 2.27. The van der Waals surface area contributed by atoms with Crippen LogP contribution in [0.1, 0.15) is 5.82 Å². The summed E-state index contributed by atoms with van der Waals surface area (Å²) in [5.74, 6) is 1.52.